The second kappa shape index (κ2) is 14.9. The molecule has 4 aromatic heterocycles. The fourth-order valence-corrected chi connectivity index (χ4v) is 5.77. The molecule has 2 amide bonds. The van der Waals surface area contributed by atoms with Crippen LogP contribution in [0.15, 0.2) is 61.1 Å². The second-order valence-corrected chi connectivity index (χ2v) is 13.7. The van der Waals surface area contributed by atoms with Crippen molar-refractivity contribution < 1.29 is 19.4 Å². The summed E-state index contributed by atoms with van der Waals surface area (Å²) in [6.45, 7) is 11.9. The number of aromatic nitrogens is 7. The van der Waals surface area contributed by atoms with Crippen LogP contribution in [-0.2, 0) is 16.8 Å². The highest BCUT2D eigenvalue weighted by molar-refractivity contribution is 5.89. The van der Waals surface area contributed by atoms with Crippen LogP contribution in [0, 0.1) is 0 Å². The fourth-order valence-electron chi connectivity index (χ4n) is 5.77. The van der Waals surface area contributed by atoms with Crippen molar-refractivity contribution in [3.63, 3.8) is 0 Å². The first-order chi connectivity index (χ1) is 23.4. The van der Waals surface area contributed by atoms with Crippen LogP contribution >= 0.6 is 0 Å². The Bertz CT molecular complexity index is 1880. The quantitative estimate of drug-likeness (QED) is 0.171. The maximum atomic E-state index is 13.5. The predicted molar refractivity (Wildman–Crippen MR) is 186 cm³/mol. The van der Waals surface area contributed by atoms with Crippen LogP contribution in [0.4, 0.5) is 10.6 Å². The van der Waals surface area contributed by atoms with E-state index in [1.54, 1.807) is 10.9 Å². The van der Waals surface area contributed by atoms with Crippen molar-refractivity contribution in [3.05, 3.63) is 83.7 Å². The number of urea groups is 1. The number of nitrogens with one attached hydrogen (secondary N) is 2. The van der Waals surface area contributed by atoms with Gasteiger partial charge in [0, 0.05) is 23.9 Å². The predicted octanol–water partition coefficient (Wildman–Crippen LogP) is 5.57. The van der Waals surface area contributed by atoms with Crippen LogP contribution in [0.5, 0.6) is 5.75 Å². The van der Waals surface area contributed by atoms with E-state index < -0.39 is 0 Å². The Balaban J connectivity index is 0.00000151. The number of carboxylic acid groups (broad SMARTS) is 1. The number of hydrogen-bond donors (Lipinski definition) is 3. The number of ether oxygens (including phenoxy) is 1. The molecule has 2 atom stereocenters. The first-order valence-electron chi connectivity index (χ1n) is 16.4. The Morgan fingerprint density at radius 2 is 1.84 bits per heavy atom. The standard InChI is InChI=1S/C34H44N10O2.CH2O2/c1-22(2)32-39-38-30-15-12-24(21-43(30)32)46-28-14-13-27(25-10-8-9-11-26(25)28)36-33(45)37-31-18-29(34(3,4)5)40-44(31)23-19-35-42(20-23)17-16-41(6)7;2-1-3/h8-12,15,18-22,27-28H,13-14,16-17H2,1-7H3,(H2,36,37,45);1H,(H,2,3)/t27-,28+;/m0./s1. The van der Waals surface area contributed by atoms with Gasteiger partial charge in [-0.05, 0) is 50.2 Å². The van der Waals surface area contributed by atoms with Crippen molar-refractivity contribution in [1.29, 1.82) is 0 Å². The van der Waals surface area contributed by atoms with E-state index in [0.717, 1.165) is 65.7 Å². The summed E-state index contributed by atoms with van der Waals surface area (Å²) in [4.78, 5) is 24.0. The lowest BCUT2D eigenvalue weighted by Gasteiger charge is -2.32. The van der Waals surface area contributed by atoms with Crippen molar-refractivity contribution >= 4 is 24.0 Å². The molecule has 49 heavy (non-hydrogen) atoms. The third-order valence-corrected chi connectivity index (χ3v) is 8.30. The first kappa shape index (κ1) is 35.1. The molecule has 4 heterocycles. The van der Waals surface area contributed by atoms with Gasteiger partial charge in [0.15, 0.2) is 5.65 Å². The minimum Gasteiger partial charge on any atom is -0.484 e. The number of fused-ring (bicyclic) bond motifs is 2. The topological polar surface area (TPSA) is 157 Å². The molecule has 1 aliphatic rings. The van der Waals surface area contributed by atoms with Gasteiger partial charge in [0.2, 0.25) is 0 Å². The zero-order valence-electron chi connectivity index (χ0n) is 29.2. The van der Waals surface area contributed by atoms with Crippen LogP contribution in [-0.4, -0.2) is 77.3 Å². The van der Waals surface area contributed by atoms with Gasteiger partial charge >= 0.3 is 6.03 Å². The highest BCUT2D eigenvalue weighted by Crippen LogP contribution is 2.39. The van der Waals surface area contributed by atoms with Crippen LogP contribution in [0.2, 0.25) is 0 Å². The number of rotatable bonds is 9. The van der Waals surface area contributed by atoms with Gasteiger partial charge in [-0.3, -0.25) is 19.2 Å². The molecule has 260 valence electrons. The number of anilines is 1. The SMILES string of the molecule is CC(C)c1nnc2ccc(O[C@@H]3CC[C@H](NC(=O)Nc4cc(C(C)(C)C)nn4-c4cnn(CCN(C)C)c4)c4ccccc43)cn12.O=CO. The highest BCUT2D eigenvalue weighted by atomic mass is 16.5. The number of benzene rings is 1. The maximum Gasteiger partial charge on any atom is 0.320 e. The van der Waals surface area contributed by atoms with E-state index in [-0.39, 0.29) is 36.0 Å². The monoisotopic (exact) mass is 670 g/mol. The van der Waals surface area contributed by atoms with Gasteiger partial charge in [-0.2, -0.15) is 10.2 Å². The van der Waals surface area contributed by atoms with Gasteiger partial charge < -0.3 is 20.1 Å². The molecule has 0 aliphatic heterocycles. The van der Waals surface area contributed by atoms with Gasteiger partial charge in [-0.1, -0.05) is 58.9 Å². The number of carbonyl (C=O) groups is 2. The van der Waals surface area contributed by atoms with E-state index in [9.17, 15) is 4.79 Å². The van der Waals surface area contributed by atoms with Gasteiger partial charge in [-0.15, -0.1) is 10.2 Å². The van der Waals surface area contributed by atoms with Crippen molar-refractivity contribution in [1.82, 2.24) is 44.4 Å². The average molecular weight is 671 g/mol. The number of likely N-dealkylation sites (N-methyl/N-ethyl adjacent to an activating group) is 1. The highest BCUT2D eigenvalue weighted by Gasteiger charge is 2.30. The molecule has 0 fully saturated rings. The molecule has 14 heteroatoms. The van der Waals surface area contributed by atoms with E-state index in [1.807, 2.05) is 65.9 Å². The molecule has 0 unspecified atom stereocenters. The maximum absolute atomic E-state index is 13.5. The molecule has 6 rings (SSSR count). The minimum atomic E-state index is -0.292. The number of carbonyl (C=O) groups excluding carboxylic acids is 1. The van der Waals surface area contributed by atoms with E-state index in [4.69, 9.17) is 19.7 Å². The van der Waals surface area contributed by atoms with Crippen molar-refractivity contribution in [2.45, 2.75) is 77.5 Å². The van der Waals surface area contributed by atoms with Crippen molar-refractivity contribution in [2.24, 2.45) is 0 Å². The summed E-state index contributed by atoms with van der Waals surface area (Å²) < 4.78 is 12.2. The molecule has 14 nitrogen and oxygen atoms in total. The molecule has 0 saturated carbocycles. The normalized spacial score (nSPS) is 15.9. The summed E-state index contributed by atoms with van der Waals surface area (Å²) in [5.41, 5.74) is 4.37. The molecule has 0 saturated heterocycles. The van der Waals surface area contributed by atoms with Crippen LogP contribution in [0.3, 0.4) is 0 Å². The molecule has 1 aromatic carbocycles. The Labute approximate surface area is 286 Å². The molecular formula is C35H46N10O4. The Hall–Kier alpha value is -5.24. The molecule has 0 bridgehead atoms. The Morgan fingerprint density at radius 1 is 1.10 bits per heavy atom. The lowest BCUT2D eigenvalue weighted by Crippen LogP contribution is -2.36. The largest absolute Gasteiger partial charge is 0.484 e. The zero-order chi connectivity index (χ0) is 35.3. The van der Waals surface area contributed by atoms with E-state index in [0.29, 0.717) is 5.82 Å². The lowest BCUT2D eigenvalue weighted by molar-refractivity contribution is -0.122. The first-order valence-corrected chi connectivity index (χ1v) is 16.4. The number of amides is 2. The summed E-state index contributed by atoms with van der Waals surface area (Å²) in [5.74, 6) is 2.48. The van der Waals surface area contributed by atoms with Crippen LogP contribution in [0.25, 0.3) is 11.3 Å². The van der Waals surface area contributed by atoms with Crippen molar-refractivity contribution in [2.75, 3.05) is 26.0 Å². The minimum absolute atomic E-state index is 0.145. The second-order valence-electron chi connectivity index (χ2n) is 13.7. The summed E-state index contributed by atoms with van der Waals surface area (Å²) in [5, 5.41) is 31.2. The van der Waals surface area contributed by atoms with Crippen LogP contribution in [0.1, 0.15) is 88.2 Å². The van der Waals surface area contributed by atoms with Gasteiger partial charge in [0.1, 0.15) is 29.2 Å². The molecule has 1 aliphatic carbocycles. The van der Waals surface area contributed by atoms with E-state index in [2.05, 4.69) is 77.6 Å². The summed E-state index contributed by atoms with van der Waals surface area (Å²) in [6, 6.07) is 13.5. The third-order valence-electron chi connectivity index (χ3n) is 8.30. The Kier molecular flexibility index (Phi) is 10.7. The zero-order valence-corrected chi connectivity index (χ0v) is 29.2. The van der Waals surface area contributed by atoms with Gasteiger partial charge in [0.25, 0.3) is 6.47 Å². The summed E-state index contributed by atoms with van der Waals surface area (Å²) in [6.07, 6.45) is 7.03. The average Bonchev–Trinajstić information content (AvgIpc) is 3.80. The molecular weight excluding hydrogens is 624 g/mol. The van der Waals surface area contributed by atoms with Crippen LogP contribution < -0.4 is 15.4 Å². The molecule has 0 radical (unpaired) electrons. The molecule has 3 N–H and O–H groups in total. The van der Waals surface area contributed by atoms with Crippen molar-refractivity contribution in [3.8, 4) is 11.4 Å². The smallest absolute Gasteiger partial charge is 0.320 e. The summed E-state index contributed by atoms with van der Waals surface area (Å²) >= 11 is 0. The summed E-state index contributed by atoms with van der Waals surface area (Å²) in [7, 11) is 4.07. The van der Waals surface area contributed by atoms with Gasteiger partial charge in [0.05, 0.1) is 36.9 Å². The lowest BCUT2D eigenvalue weighted by atomic mass is 9.85. The third kappa shape index (κ3) is 8.26. The fraction of sp³-hybridized carbons (Fsp3) is 0.429. The number of hydrogen-bond acceptors (Lipinski definition) is 8. The number of nitrogens with zero attached hydrogens (tertiary/aromatic N) is 8. The van der Waals surface area contributed by atoms with Gasteiger partial charge in [-0.25, -0.2) is 9.48 Å². The molecule has 0 spiro atoms. The number of pyridine rings is 1. The Morgan fingerprint density at radius 3 is 2.53 bits per heavy atom. The van der Waals surface area contributed by atoms with E-state index in [1.165, 1.54) is 0 Å². The van der Waals surface area contributed by atoms with E-state index >= 15 is 0 Å². The molecule has 5 aromatic rings.